The summed E-state index contributed by atoms with van der Waals surface area (Å²) in [7, 11) is 0. The molecule has 514 valence electrons. The molecule has 0 aliphatic carbocycles. The minimum atomic E-state index is 0.638. The molecule has 0 aliphatic rings. The van der Waals surface area contributed by atoms with E-state index in [1.807, 2.05) is 30.3 Å². The summed E-state index contributed by atoms with van der Waals surface area (Å²) in [6.07, 6.45) is 0. The summed E-state index contributed by atoms with van der Waals surface area (Å²) in [6.45, 7) is 0. The fraction of sp³-hybridized carbons (Fsp3) is 0. The second-order valence-electron chi connectivity index (χ2n) is 27.7. The highest BCUT2D eigenvalue weighted by atomic mass is 15.0. The first-order valence-electron chi connectivity index (χ1n) is 37.1. The molecule has 0 amide bonds. The van der Waals surface area contributed by atoms with Gasteiger partial charge in [0.25, 0.3) is 0 Å². The second-order valence-corrected chi connectivity index (χ2v) is 27.7. The van der Waals surface area contributed by atoms with Gasteiger partial charge in [-0.2, -0.15) is 0 Å². The highest BCUT2D eigenvalue weighted by Crippen LogP contribution is 2.42. The zero-order chi connectivity index (χ0) is 72.9. The Kier molecular flexibility index (Phi) is 16.4. The van der Waals surface area contributed by atoms with E-state index in [9.17, 15) is 0 Å². The van der Waals surface area contributed by atoms with Gasteiger partial charge in [-0.25, -0.2) is 29.9 Å². The Balaban J connectivity index is 0.000000144. The third-order valence-corrected chi connectivity index (χ3v) is 21.1. The van der Waals surface area contributed by atoms with Crippen molar-refractivity contribution in [1.82, 2.24) is 39.0 Å². The number of nitrogens with zero attached hydrogens (tertiary/aromatic N) is 8. The van der Waals surface area contributed by atoms with Crippen LogP contribution in [0.1, 0.15) is 0 Å². The van der Waals surface area contributed by atoms with Crippen molar-refractivity contribution in [2.45, 2.75) is 0 Å². The number of benzene rings is 17. The van der Waals surface area contributed by atoms with E-state index in [2.05, 4.69) is 379 Å². The molecule has 8 heteroatoms. The van der Waals surface area contributed by atoms with Crippen molar-refractivity contribution in [2.75, 3.05) is 0 Å². The van der Waals surface area contributed by atoms with Gasteiger partial charge in [0.05, 0.1) is 22.1 Å². The van der Waals surface area contributed by atoms with E-state index < -0.39 is 0 Å². The summed E-state index contributed by atoms with van der Waals surface area (Å²) >= 11 is 0. The maximum absolute atomic E-state index is 5.06. The summed E-state index contributed by atoms with van der Waals surface area (Å²) in [5.74, 6) is 3.88. The van der Waals surface area contributed by atoms with Crippen LogP contribution in [0, 0.1) is 0 Å². The summed E-state index contributed by atoms with van der Waals surface area (Å²) in [6, 6.07) is 141. The van der Waals surface area contributed by atoms with Gasteiger partial charge < -0.3 is 9.13 Å². The standard InChI is InChI=1S/C53H34N4.C49H32N4/c1-2-13-39(14-3-1)46-18-10-20-49-50(46)47-17-8-9-19-48(47)57(49)45-31-29-38(30-32-45)37-21-25-40(26-22-37)51-54-52(43-27-23-35-11-4-6-15-41(35)33-43)56-53(55-51)44-28-24-36-12-5-7-16-42(36)34-44;1-3-13-36(14-4-1)42-19-11-21-45-46(42)43-18-9-10-20-44(43)53(45)41-30-28-35(29-31-41)34-22-25-38(26-23-34)48-50-47(37-15-5-2-6-16-37)51-49(52-48)40-27-24-33-12-7-8-17-39(33)32-40/h1-34H;1-32H. The SMILES string of the molecule is c1ccc(-c2cccc3c2c2ccccc2n3-c2ccc(-c3ccc(-c4nc(-c5ccc6ccccc6c5)nc(-c5ccc6ccccc6c5)n4)cc3)cc2)cc1.c1ccc(-c2nc(-c3ccc(-c4ccc(-n5c6ccccc6c6c(-c7ccccc7)cccc65)cc4)cc3)nc(-c3ccc4ccccc4c3)n2)cc1. The van der Waals surface area contributed by atoms with Crippen molar-refractivity contribution in [1.29, 1.82) is 0 Å². The molecule has 21 aromatic rings. The molecule has 0 aliphatic heterocycles. The largest absolute Gasteiger partial charge is 0.309 e. The molecule has 0 radical (unpaired) electrons. The van der Waals surface area contributed by atoms with Gasteiger partial charge in [-0.3, -0.25) is 0 Å². The van der Waals surface area contributed by atoms with Crippen LogP contribution in [0.5, 0.6) is 0 Å². The van der Waals surface area contributed by atoms with Gasteiger partial charge in [0.1, 0.15) is 0 Å². The number of aromatic nitrogens is 8. The van der Waals surface area contributed by atoms with Crippen LogP contribution in [0.25, 0.3) is 200 Å². The summed E-state index contributed by atoms with van der Waals surface area (Å²) < 4.78 is 4.76. The predicted molar refractivity (Wildman–Crippen MR) is 455 cm³/mol. The molecule has 0 N–H and O–H groups in total. The molecule has 8 nitrogen and oxygen atoms in total. The van der Waals surface area contributed by atoms with E-state index in [-0.39, 0.29) is 0 Å². The lowest BCUT2D eigenvalue weighted by Gasteiger charge is -2.11. The maximum Gasteiger partial charge on any atom is 0.164 e. The van der Waals surface area contributed by atoms with Gasteiger partial charge in [0, 0.05) is 66.3 Å². The third-order valence-electron chi connectivity index (χ3n) is 21.1. The fourth-order valence-corrected chi connectivity index (χ4v) is 15.6. The van der Waals surface area contributed by atoms with Crippen LogP contribution in [-0.4, -0.2) is 39.0 Å². The highest BCUT2D eigenvalue weighted by Gasteiger charge is 2.21. The number of para-hydroxylation sites is 2. The molecule has 0 bridgehead atoms. The molecule has 0 spiro atoms. The first kappa shape index (κ1) is 64.7. The first-order valence-corrected chi connectivity index (χ1v) is 37.1. The average molecular weight is 1400 g/mol. The smallest absolute Gasteiger partial charge is 0.164 e. The molecular weight excluding hydrogens is 1340 g/mol. The summed E-state index contributed by atoms with van der Waals surface area (Å²) in [5.41, 5.74) is 22.2. The van der Waals surface area contributed by atoms with E-state index in [1.165, 1.54) is 82.0 Å². The normalized spacial score (nSPS) is 11.5. The maximum atomic E-state index is 5.06. The van der Waals surface area contributed by atoms with Crippen LogP contribution in [0.3, 0.4) is 0 Å². The van der Waals surface area contributed by atoms with Gasteiger partial charge in [-0.05, 0) is 144 Å². The molecule has 4 heterocycles. The molecule has 0 atom stereocenters. The van der Waals surface area contributed by atoms with Gasteiger partial charge in [-0.1, -0.05) is 334 Å². The van der Waals surface area contributed by atoms with Crippen LogP contribution in [0.15, 0.2) is 400 Å². The van der Waals surface area contributed by atoms with Gasteiger partial charge >= 0.3 is 0 Å². The predicted octanol–water partition coefficient (Wildman–Crippen LogP) is 26.1. The highest BCUT2D eigenvalue weighted by molar-refractivity contribution is 6.17. The Morgan fingerprint density at radius 2 is 0.400 bits per heavy atom. The monoisotopic (exact) mass is 1400 g/mol. The molecule has 0 unspecified atom stereocenters. The Morgan fingerprint density at radius 3 is 0.745 bits per heavy atom. The minimum absolute atomic E-state index is 0.638. The molecule has 0 fully saturated rings. The van der Waals surface area contributed by atoms with E-state index in [4.69, 9.17) is 29.9 Å². The minimum Gasteiger partial charge on any atom is -0.309 e. The number of rotatable bonds is 12. The third kappa shape index (κ3) is 12.1. The van der Waals surface area contributed by atoms with E-state index in [0.717, 1.165) is 83.2 Å². The Hall–Kier alpha value is -14.9. The summed E-state index contributed by atoms with van der Waals surface area (Å²) in [5, 5.41) is 12.0. The number of fused-ring (bicyclic) bond motifs is 9. The molecule has 17 aromatic carbocycles. The van der Waals surface area contributed by atoms with Crippen molar-refractivity contribution in [3.05, 3.63) is 400 Å². The first-order chi connectivity index (χ1) is 54.5. The van der Waals surface area contributed by atoms with Crippen molar-refractivity contribution in [3.63, 3.8) is 0 Å². The Bertz CT molecular complexity index is 6940. The van der Waals surface area contributed by atoms with Crippen LogP contribution >= 0.6 is 0 Å². The van der Waals surface area contributed by atoms with Gasteiger partial charge in [0.2, 0.25) is 0 Å². The second kappa shape index (κ2) is 27.9. The summed E-state index contributed by atoms with van der Waals surface area (Å²) in [4.78, 5) is 30.1. The zero-order valence-electron chi connectivity index (χ0n) is 59.7. The van der Waals surface area contributed by atoms with Crippen molar-refractivity contribution < 1.29 is 0 Å². The Morgan fingerprint density at radius 1 is 0.155 bits per heavy atom. The van der Waals surface area contributed by atoms with Gasteiger partial charge in [0.15, 0.2) is 34.9 Å². The average Bonchev–Trinajstić information content (AvgIpc) is 1.57. The van der Waals surface area contributed by atoms with E-state index in [0.29, 0.717) is 34.9 Å². The van der Waals surface area contributed by atoms with Crippen LogP contribution < -0.4 is 0 Å². The van der Waals surface area contributed by atoms with Gasteiger partial charge in [-0.15, -0.1) is 0 Å². The molecule has 0 saturated carbocycles. The molecule has 0 saturated heterocycles. The molecule has 4 aromatic heterocycles. The molecule has 110 heavy (non-hydrogen) atoms. The van der Waals surface area contributed by atoms with Crippen LogP contribution in [0.4, 0.5) is 0 Å². The van der Waals surface area contributed by atoms with Crippen LogP contribution in [0.2, 0.25) is 0 Å². The molecule has 21 rings (SSSR count). The topological polar surface area (TPSA) is 87.2 Å². The van der Waals surface area contributed by atoms with E-state index >= 15 is 0 Å². The lowest BCUT2D eigenvalue weighted by atomic mass is 9.99. The van der Waals surface area contributed by atoms with E-state index in [1.54, 1.807) is 0 Å². The van der Waals surface area contributed by atoms with Crippen LogP contribution in [-0.2, 0) is 0 Å². The number of hydrogen-bond donors (Lipinski definition) is 0. The fourth-order valence-electron chi connectivity index (χ4n) is 15.6. The van der Waals surface area contributed by atoms with Crippen molar-refractivity contribution >= 4 is 75.9 Å². The van der Waals surface area contributed by atoms with Crippen molar-refractivity contribution in [3.8, 4) is 124 Å². The Labute approximate surface area is 635 Å². The lowest BCUT2D eigenvalue weighted by Crippen LogP contribution is -2.00. The lowest BCUT2D eigenvalue weighted by molar-refractivity contribution is 1.07. The van der Waals surface area contributed by atoms with Crippen molar-refractivity contribution in [2.24, 2.45) is 0 Å². The molecular formula is C102H66N8. The zero-order valence-corrected chi connectivity index (χ0v) is 59.7. The quantitative estimate of drug-likeness (QED) is 0.121. The number of hydrogen-bond acceptors (Lipinski definition) is 6.